The number of methoxy groups -OCH3 is 2. The van der Waals surface area contributed by atoms with Crippen LogP contribution in [0, 0.1) is 0 Å². The summed E-state index contributed by atoms with van der Waals surface area (Å²) in [4.78, 5) is 52.5. The fourth-order valence-corrected chi connectivity index (χ4v) is 7.86. The molecule has 0 radical (unpaired) electrons. The van der Waals surface area contributed by atoms with Gasteiger partial charge in [-0.3, -0.25) is 19.2 Å². The molecular weight excluding hydrogens is 889 g/mol. The van der Waals surface area contributed by atoms with Crippen LogP contribution in [-0.4, -0.2) is 153 Å². The van der Waals surface area contributed by atoms with Crippen molar-refractivity contribution >= 4 is 23.5 Å². The average Bonchev–Trinajstić information content (AvgIpc) is 3.36. The van der Waals surface area contributed by atoms with Gasteiger partial charge in [0.15, 0.2) is 11.6 Å². The monoisotopic (exact) mass is 938 g/mol. The van der Waals surface area contributed by atoms with Gasteiger partial charge in [0, 0.05) is 33.4 Å². The van der Waals surface area contributed by atoms with Crippen LogP contribution in [0.1, 0.15) is 43.0 Å². The number of ketones is 2. The highest BCUT2D eigenvalue weighted by molar-refractivity contribution is 6.12. The highest BCUT2D eigenvalue weighted by Gasteiger charge is 2.46. The Kier molecular flexibility index (Phi) is 15.8. The van der Waals surface area contributed by atoms with Gasteiger partial charge in [-0.15, -0.1) is 0 Å². The molecule has 68 heavy (non-hydrogen) atoms. The first kappa shape index (κ1) is 49.5. The van der Waals surface area contributed by atoms with Crippen LogP contribution in [0.4, 0.5) is 0 Å². The van der Waals surface area contributed by atoms with Gasteiger partial charge >= 0.3 is 11.9 Å². The van der Waals surface area contributed by atoms with Crippen molar-refractivity contribution < 1.29 is 88.5 Å². The van der Waals surface area contributed by atoms with E-state index in [-0.39, 0.29) is 46.6 Å². The standard InChI is InChI=1S/C50H50O18/c1-63-39(53)19-25-5-3-7-29(17-25)33-21-31(13-15-35(33)65-49-47(61)45(59)43(57)37(23-51)67-49)41(55)27-9-11-28(12-10-27)42(56)32-14-16-36(66-50-48(62)46(60)44(58)38(24-52)68-50)34(22-32)30-8-4-6-26(18-30)20-40(54)64-2/h3-18,21-22,37-38,43-52,57-62H,19-20,23-24H2,1-2H3/t37-,38-,43-,44-,45-,46-,47+,48+,49+,50+/m1/s1. The van der Waals surface area contributed by atoms with Gasteiger partial charge in [0.05, 0.1) is 40.3 Å². The number of hydrogen-bond acceptors (Lipinski definition) is 18. The van der Waals surface area contributed by atoms with Gasteiger partial charge in [-0.2, -0.15) is 0 Å². The molecule has 0 aromatic heterocycles. The van der Waals surface area contributed by atoms with Gasteiger partial charge < -0.3 is 69.3 Å². The van der Waals surface area contributed by atoms with Gasteiger partial charge in [-0.05, 0) is 58.7 Å². The van der Waals surface area contributed by atoms with Crippen LogP contribution < -0.4 is 9.47 Å². The van der Waals surface area contributed by atoms with Crippen LogP contribution in [0.3, 0.4) is 0 Å². The molecule has 10 atom stereocenters. The molecule has 8 N–H and O–H groups in total. The van der Waals surface area contributed by atoms with E-state index < -0.39 is 98.1 Å². The summed E-state index contributed by atoms with van der Waals surface area (Å²) in [6, 6.07) is 28.3. The minimum atomic E-state index is -1.73. The second kappa shape index (κ2) is 21.7. The van der Waals surface area contributed by atoms with Crippen molar-refractivity contribution in [1.82, 2.24) is 0 Å². The maximum absolute atomic E-state index is 14.1. The maximum Gasteiger partial charge on any atom is 0.309 e. The molecule has 0 unspecified atom stereocenters. The number of hydrogen-bond donors (Lipinski definition) is 8. The van der Waals surface area contributed by atoms with Gasteiger partial charge in [0.25, 0.3) is 0 Å². The number of carbonyl (C=O) groups excluding carboxylic acids is 4. The minimum absolute atomic E-state index is 0.0669. The van der Waals surface area contributed by atoms with E-state index in [1.807, 2.05) is 0 Å². The van der Waals surface area contributed by atoms with Crippen LogP contribution in [0.2, 0.25) is 0 Å². The molecule has 5 aromatic rings. The van der Waals surface area contributed by atoms with E-state index >= 15 is 0 Å². The summed E-state index contributed by atoms with van der Waals surface area (Å²) in [6.07, 6.45) is -15.9. The van der Waals surface area contributed by atoms with Gasteiger partial charge in [-0.1, -0.05) is 72.8 Å². The first-order valence-electron chi connectivity index (χ1n) is 21.4. The summed E-state index contributed by atoms with van der Waals surface area (Å²) in [5.74, 6) is -1.74. The van der Waals surface area contributed by atoms with E-state index in [9.17, 15) is 60.0 Å². The topological polar surface area (TPSA) is 285 Å². The Bertz CT molecular complexity index is 2430. The summed E-state index contributed by atoms with van der Waals surface area (Å²) in [5.41, 5.74) is 3.48. The summed E-state index contributed by atoms with van der Waals surface area (Å²) < 4.78 is 32.9. The number of aliphatic hydroxyl groups excluding tert-OH is 8. The number of esters is 2. The van der Waals surface area contributed by atoms with Crippen molar-refractivity contribution in [3.05, 3.63) is 143 Å². The van der Waals surface area contributed by atoms with E-state index in [1.54, 1.807) is 48.5 Å². The average molecular weight is 939 g/mol. The second-order valence-corrected chi connectivity index (χ2v) is 16.2. The number of carbonyl (C=O) groups is 4. The van der Waals surface area contributed by atoms with Gasteiger partial charge in [-0.25, -0.2) is 0 Å². The van der Waals surface area contributed by atoms with Crippen LogP contribution >= 0.6 is 0 Å². The molecule has 2 heterocycles. The molecule has 2 aliphatic heterocycles. The molecule has 5 aromatic carbocycles. The van der Waals surface area contributed by atoms with Crippen LogP contribution in [-0.2, 0) is 41.4 Å². The van der Waals surface area contributed by atoms with E-state index in [0.717, 1.165) is 0 Å². The highest BCUT2D eigenvalue weighted by Crippen LogP contribution is 2.37. The van der Waals surface area contributed by atoms with Crippen molar-refractivity contribution in [3.63, 3.8) is 0 Å². The Morgan fingerprint density at radius 1 is 0.471 bits per heavy atom. The minimum Gasteiger partial charge on any atom is -0.469 e. The third kappa shape index (κ3) is 10.8. The molecule has 7 rings (SSSR count). The predicted octanol–water partition coefficient (Wildman–Crippen LogP) is 1.27. The zero-order chi connectivity index (χ0) is 48.8. The van der Waals surface area contributed by atoms with Crippen LogP contribution in [0.15, 0.2) is 109 Å². The quantitative estimate of drug-likeness (QED) is 0.0511. The van der Waals surface area contributed by atoms with Crippen LogP contribution in [0.25, 0.3) is 22.3 Å². The molecule has 2 saturated heterocycles. The summed E-state index contributed by atoms with van der Waals surface area (Å²) in [6.45, 7) is -1.37. The normalized spacial score (nSPS) is 24.7. The Balaban J connectivity index is 1.18. The SMILES string of the molecule is COC(=O)Cc1cccc(-c2cc(C(=O)c3ccc(C(=O)c4ccc(O[C@H]5O[C@H](CO)[C@@H](O)[C@@H](O)[C@@H]5O)c(-c5cccc(CC(=O)OC)c5)c4)cc3)ccc2O[C@H]2O[C@H](CO)[C@@H](O)[C@@H](O)[C@@H]2O)c1. The van der Waals surface area contributed by atoms with Crippen LogP contribution in [0.5, 0.6) is 11.5 Å². The Morgan fingerprint density at radius 3 is 1.19 bits per heavy atom. The zero-order valence-electron chi connectivity index (χ0n) is 36.7. The van der Waals surface area contributed by atoms with Crippen molar-refractivity contribution in [2.24, 2.45) is 0 Å². The molecule has 0 aliphatic carbocycles. The van der Waals surface area contributed by atoms with Crippen molar-refractivity contribution in [1.29, 1.82) is 0 Å². The maximum atomic E-state index is 14.1. The first-order chi connectivity index (χ1) is 32.6. The number of rotatable bonds is 16. The lowest BCUT2D eigenvalue weighted by Gasteiger charge is -2.39. The molecule has 0 bridgehead atoms. The third-order valence-corrected chi connectivity index (χ3v) is 11.7. The molecule has 0 saturated carbocycles. The Hall–Kier alpha value is -6.42. The molecule has 18 heteroatoms. The molecule has 2 aliphatic rings. The number of benzene rings is 5. The lowest BCUT2D eigenvalue weighted by atomic mass is 9.94. The third-order valence-electron chi connectivity index (χ3n) is 11.7. The summed E-state index contributed by atoms with van der Waals surface area (Å²) >= 11 is 0. The molecular formula is C50H50O18. The van der Waals surface area contributed by atoms with E-state index in [4.69, 9.17) is 28.4 Å². The molecule has 358 valence electrons. The largest absolute Gasteiger partial charge is 0.469 e. The number of ether oxygens (including phenoxy) is 6. The Morgan fingerprint density at radius 2 is 0.838 bits per heavy atom. The van der Waals surface area contributed by atoms with Gasteiger partial charge in [0.1, 0.15) is 60.3 Å². The smallest absolute Gasteiger partial charge is 0.309 e. The predicted molar refractivity (Wildman–Crippen MR) is 237 cm³/mol. The summed E-state index contributed by atoms with van der Waals surface area (Å²) in [7, 11) is 2.52. The van der Waals surface area contributed by atoms with E-state index in [2.05, 4.69) is 0 Å². The molecule has 2 fully saturated rings. The molecule has 0 amide bonds. The lowest BCUT2D eigenvalue weighted by Crippen LogP contribution is -2.60. The highest BCUT2D eigenvalue weighted by atomic mass is 16.7. The zero-order valence-corrected chi connectivity index (χ0v) is 36.7. The fraction of sp³-hybridized carbons (Fsp3) is 0.320. The molecule has 0 spiro atoms. The van der Waals surface area contributed by atoms with Crippen molar-refractivity contribution in [3.8, 4) is 33.8 Å². The Labute approximate surface area is 389 Å². The van der Waals surface area contributed by atoms with Crippen molar-refractivity contribution in [2.75, 3.05) is 27.4 Å². The lowest BCUT2D eigenvalue weighted by molar-refractivity contribution is -0.277. The van der Waals surface area contributed by atoms with E-state index in [1.165, 1.54) is 74.9 Å². The fourth-order valence-electron chi connectivity index (χ4n) is 7.86. The van der Waals surface area contributed by atoms with E-state index in [0.29, 0.717) is 33.4 Å². The molecule has 18 nitrogen and oxygen atoms in total. The second-order valence-electron chi connectivity index (χ2n) is 16.2. The van der Waals surface area contributed by atoms with Crippen molar-refractivity contribution in [2.45, 2.75) is 74.3 Å². The number of aliphatic hydroxyl groups is 8. The summed E-state index contributed by atoms with van der Waals surface area (Å²) in [5, 5.41) is 82.4. The first-order valence-corrected chi connectivity index (χ1v) is 21.4. The van der Waals surface area contributed by atoms with Gasteiger partial charge in [0.2, 0.25) is 12.6 Å².